The first-order chi connectivity index (χ1) is 10.5. The molecule has 2 heterocycles. The molecule has 114 valence electrons. The molecular weight excluding hydrogens is 284 g/mol. The van der Waals surface area contributed by atoms with Crippen LogP contribution >= 0.6 is 0 Å². The number of fused-ring (bicyclic) bond motifs is 1. The Kier molecular flexibility index (Phi) is 3.58. The summed E-state index contributed by atoms with van der Waals surface area (Å²) in [5, 5.41) is 0. The quantitative estimate of drug-likeness (QED) is 0.879. The molecule has 0 aliphatic carbocycles. The van der Waals surface area contributed by atoms with Crippen molar-refractivity contribution in [3.8, 4) is 11.5 Å². The fraction of sp³-hybridized carbons (Fsp3) is 0.250. The zero-order valence-corrected chi connectivity index (χ0v) is 12.4. The zero-order valence-electron chi connectivity index (χ0n) is 12.4. The van der Waals surface area contributed by atoms with Gasteiger partial charge in [0.05, 0.1) is 0 Å². The topological polar surface area (TPSA) is 71.6 Å². The lowest BCUT2D eigenvalue weighted by molar-refractivity contribution is 0.0780. The number of amides is 1. The van der Waals surface area contributed by atoms with E-state index >= 15 is 0 Å². The van der Waals surface area contributed by atoms with E-state index in [9.17, 15) is 9.59 Å². The molecular formula is C16H16N2O4. The van der Waals surface area contributed by atoms with Crippen LogP contribution in [0.25, 0.3) is 0 Å². The average molecular weight is 300 g/mol. The van der Waals surface area contributed by atoms with Gasteiger partial charge in [-0.05, 0) is 30.7 Å². The van der Waals surface area contributed by atoms with E-state index in [1.165, 1.54) is 6.92 Å². The molecule has 1 amide bonds. The van der Waals surface area contributed by atoms with Crippen molar-refractivity contribution in [2.24, 2.45) is 0 Å². The Morgan fingerprint density at radius 2 is 2.00 bits per heavy atom. The molecule has 0 fully saturated rings. The van der Waals surface area contributed by atoms with Gasteiger partial charge < -0.3 is 19.4 Å². The van der Waals surface area contributed by atoms with E-state index in [0.717, 1.165) is 5.56 Å². The summed E-state index contributed by atoms with van der Waals surface area (Å²) in [5.74, 6) is 1.16. The summed E-state index contributed by atoms with van der Waals surface area (Å²) in [6, 6.07) is 7.16. The fourth-order valence-corrected chi connectivity index (χ4v) is 2.31. The largest absolute Gasteiger partial charge is 0.454 e. The number of ether oxygens (including phenoxy) is 2. The molecule has 1 aliphatic heterocycles. The number of carbonyl (C=O) groups is 2. The van der Waals surface area contributed by atoms with Crippen LogP contribution in [-0.4, -0.2) is 35.4 Å². The van der Waals surface area contributed by atoms with Crippen LogP contribution in [0, 0.1) is 0 Å². The molecule has 0 saturated carbocycles. The number of hydrogen-bond donors (Lipinski definition) is 1. The van der Waals surface area contributed by atoms with Crippen molar-refractivity contribution < 1.29 is 19.1 Å². The first-order valence-electron chi connectivity index (χ1n) is 6.88. The van der Waals surface area contributed by atoms with E-state index in [4.69, 9.17) is 9.47 Å². The molecule has 2 aromatic rings. The molecule has 1 aromatic carbocycles. The second kappa shape index (κ2) is 5.55. The third-order valence-electron chi connectivity index (χ3n) is 3.52. The summed E-state index contributed by atoms with van der Waals surface area (Å²) in [6.07, 6.45) is 1.55. The number of nitrogens with one attached hydrogen (secondary N) is 1. The minimum atomic E-state index is -0.176. The Morgan fingerprint density at radius 3 is 2.73 bits per heavy atom. The van der Waals surface area contributed by atoms with Gasteiger partial charge in [-0.25, -0.2) is 0 Å². The molecule has 0 unspecified atom stereocenters. The smallest absolute Gasteiger partial charge is 0.270 e. The highest BCUT2D eigenvalue weighted by Gasteiger charge is 2.17. The highest BCUT2D eigenvalue weighted by Crippen LogP contribution is 2.32. The van der Waals surface area contributed by atoms with Crippen LogP contribution in [-0.2, 0) is 6.54 Å². The maximum Gasteiger partial charge on any atom is 0.270 e. The van der Waals surface area contributed by atoms with Crippen LogP contribution in [0.5, 0.6) is 11.5 Å². The minimum absolute atomic E-state index is 0.0753. The second-order valence-electron chi connectivity index (χ2n) is 5.21. The van der Waals surface area contributed by atoms with E-state index in [1.54, 1.807) is 24.2 Å². The van der Waals surface area contributed by atoms with E-state index < -0.39 is 0 Å². The number of aromatic amines is 1. The number of H-pyrrole nitrogens is 1. The summed E-state index contributed by atoms with van der Waals surface area (Å²) in [4.78, 5) is 28.0. The van der Waals surface area contributed by atoms with Gasteiger partial charge >= 0.3 is 0 Å². The van der Waals surface area contributed by atoms with Crippen LogP contribution in [0.4, 0.5) is 0 Å². The third-order valence-corrected chi connectivity index (χ3v) is 3.52. The van der Waals surface area contributed by atoms with Gasteiger partial charge in [0.1, 0.15) is 5.69 Å². The van der Waals surface area contributed by atoms with Crippen molar-refractivity contribution in [2.45, 2.75) is 13.5 Å². The maximum absolute atomic E-state index is 12.3. The highest BCUT2D eigenvalue weighted by molar-refractivity contribution is 5.98. The molecule has 0 saturated heterocycles. The van der Waals surface area contributed by atoms with Crippen LogP contribution in [0.2, 0.25) is 0 Å². The van der Waals surface area contributed by atoms with Crippen molar-refractivity contribution in [3.63, 3.8) is 0 Å². The second-order valence-corrected chi connectivity index (χ2v) is 5.21. The van der Waals surface area contributed by atoms with Crippen molar-refractivity contribution >= 4 is 11.7 Å². The predicted molar refractivity (Wildman–Crippen MR) is 79.2 cm³/mol. The first-order valence-corrected chi connectivity index (χ1v) is 6.88. The van der Waals surface area contributed by atoms with Gasteiger partial charge in [-0.2, -0.15) is 0 Å². The normalized spacial score (nSPS) is 12.3. The van der Waals surface area contributed by atoms with Crippen molar-refractivity contribution in [3.05, 3.63) is 47.3 Å². The number of benzene rings is 1. The molecule has 0 spiro atoms. The van der Waals surface area contributed by atoms with Crippen LogP contribution in [0.15, 0.2) is 30.5 Å². The number of rotatable bonds is 4. The van der Waals surface area contributed by atoms with E-state index in [0.29, 0.717) is 29.3 Å². The average Bonchev–Trinajstić information content (AvgIpc) is 3.15. The molecule has 22 heavy (non-hydrogen) atoms. The summed E-state index contributed by atoms with van der Waals surface area (Å²) >= 11 is 0. The van der Waals surface area contributed by atoms with Crippen LogP contribution < -0.4 is 9.47 Å². The van der Waals surface area contributed by atoms with Gasteiger partial charge in [0, 0.05) is 25.4 Å². The van der Waals surface area contributed by atoms with Crippen LogP contribution in [0.1, 0.15) is 33.3 Å². The van der Waals surface area contributed by atoms with Gasteiger partial charge in [0.2, 0.25) is 6.79 Å². The van der Waals surface area contributed by atoms with E-state index in [2.05, 4.69) is 4.98 Å². The molecule has 0 atom stereocenters. The Bertz CT molecular complexity index is 735. The summed E-state index contributed by atoms with van der Waals surface area (Å²) in [5.41, 5.74) is 1.84. The lowest BCUT2D eigenvalue weighted by atomic mass is 10.2. The molecule has 0 radical (unpaired) electrons. The standard InChI is InChI=1S/C16H16N2O4/c1-10(19)12-6-13(17-7-12)16(20)18(2)8-11-3-4-14-15(5-11)22-9-21-14/h3-7,17H,8-9H2,1-2H3. The van der Waals surface area contributed by atoms with Gasteiger partial charge in [-0.1, -0.05) is 6.07 Å². The zero-order chi connectivity index (χ0) is 15.7. The first kappa shape index (κ1) is 14.2. The SMILES string of the molecule is CC(=O)c1c[nH]c(C(=O)N(C)Cc2ccc3c(c2)OCO3)c1. The molecule has 1 N–H and O–H groups in total. The predicted octanol–water partition coefficient (Wildman–Crippen LogP) is 2.22. The molecule has 3 rings (SSSR count). The number of Topliss-reactive ketones (excluding diaryl/α,β-unsaturated/α-hetero) is 1. The molecule has 1 aliphatic rings. The lowest BCUT2D eigenvalue weighted by Crippen LogP contribution is -2.26. The van der Waals surface area contributed by atoms with Gasteiger partial charge in [-0.15, -0.1) is 0 Å². The summed E-state index contributed by atoms with van der Waals surface area (Å²) < 4.78 is 10.6. The van der Waals surface area contributed by atoms with E-state index in [-0.39, 0.29) is 18.5 Å². The lowest BCUT2D eigenvalue weighted by Gasteiger charge is -2.16. The van der Waals surface area contributed by atoms with Gasteiger partial charge in [-0.3, -0.25) is 9.59 Å². The van der Waals surface area contributed by atoms with Crippen molar-refractivity contribution in [1.82, 2.24) is 9.88 Å². The van der Waals surface area contributed by atoms with Crippen LogP contribution in [0.3, 0.4) is 0 Å². The monoisotopic (exact) mass is 300 g/mol. The van der Waals surface area contributed by atoms with E-state index in [1.807, 2.05) is 18.2 Å². The van der Waals surface area contributed by atoms with Crippen molar-refractivity contribution in [1.29, 1.82) is 0 Å². The molecule has 6 heteroatoms. The number of nitrogens with zero attached hydrogens (tertiary/aromatic N) is 1. The Morgan fingerprint density at radius 1 is 1.23 bits per heavy atom. The number of hydrogen-bond acceptors (Lipinski definition) is 4. The Labute approximate surface area is 127 Å². The van der Waals surface area contributed by atoms with Gasteiger partial charge in [0.15, 0.2) is 17.3 Å². The summed E-state index contributed by atoms with van der Waals surface area (Å²) in [7, 11) is 1.71. The molecule has 1 aromatic heterocycles. The summed E-state index contributed by atoms with van der Waals surface area (Å²) in [6.45, 7) is 2.13. The maximum atomic E-state index is 12.3. The van der Waals surface area contributed by atoms with Crippen molar-refractivity contribution in [2.75, 3.05) is 13.8 Å². The highest BCUT2D eigenvalue weighted by atomic mass is 16.7. The minimum Gasteiger partial charge on any atom is -0.454 e. The molecule has 0 bridgehead atoms. The third kappa shape index (κ3) is 2.67. The number of carbonyl (C=O) groups excluding carboxylic acids is 2. The number of ketones is 1. The Balaban J connectivity index is 1.71. The fourth-order valence-electron chi connectivity index (χ4n) is 2.31. The van der Waals surface area contributed by atoms with Gasteiger partial charge in [0.25, 0.3) is 5.91 Å². The molecule has 6 nitrogen and oxygen atoms in total. The number of aromatic nitrogens is 1. The Hall–Kier alpha value is -2.76.